The number of unbranched alkanes of at least 4 members (excludes halogenated alkanes) is 6. The van der Waals surface area contributed by atoms with E-state index in [2.05, 4.69) is 25.1 Å². The van der Waals surface area contributed by atoms with Crippen LogP contribution in [0.4, 0.5) is 0 Å². The molecule has 1 aromatic rings. The van der Waals surface area contributed by atoms with E-state index in [0.717, 1.165) is 25.2 Å². The van der Waals surface area contributed by atoms with Gasteiger partial charge < -0.3 is 4.74 Å². The smallest absolute Gasteiger partial charge is 0.122 e. The van der Waals surface area contributed by atoms with E-state index in [-0.39, 0.29) is 5.38 Å². The zero-order valence-corrected chi connectivity index (χ0v) is 13.4. The van der Waals surface area contributed by atoms with Gasteiger partial charge in [0.1, 0.15) is 5.75 Å². The number of fused-ring (bicyclic) bond motifs is 1. The molecule has 0 saturated carbocycles. The Morgan fingerprint density at radius 3 is 2.65 bits per heavy atom. The van der Waals surface area contributed by atoms with Crippen LogP contribution in [0.25, 0.3) is 0 Å². The van der Waals surface area contributed by atoms with E-state index in [4.69, 9.17) is 16.3 Å². The van der Waals surface area contributed by atoms with E-state index in [1.54, 1.807) is 0 Å². The third-order valence-electron chi connectivity index (χ3n) is 4.14. The predicted molar refractivity (Wildman–Crippen MR) is 86.8 cm³/mol. The molecule has 1 atom stereocenters. The SMILES string of the molecule is CCCCCCCCCC(Cl)c1ccc2c(c1)CCO2. The summed E-state index contributed by atoms with van der Waals surface area (Å²) in [6.07, 6.45) is 11.5. The van der Waals surface area contributed by atoms with E-state index >= 15 is 0 Å². The van der Waals surface area contributed by atoms with Gasteiger partial charge >= 0.3 is 0 Å². The lowest BCUT2D eigenvalue weighted by molar-refractivity contribution is 0.357. The fraction of sp³-hybridized carbons (Fsp3) is 0.667. The molecule has 1 heterocycles. The van der Waals surface area contributed by atoms with Crippen LogP contribution in [-0.4, -0.2) is 6.61 Å². The highest BCUT2D eigenvalue weighted by molar-refractivity contribution is 6.20. The Morgan fingerprint density at radius 2 is 1.85 bits per heavy atom. The van der Waals surface area contributed by atoms with Gasteiger partial charge in [0.2, 0.25) is 0 Å². The Kier molecular flexibility index (Phi) is 6.72. The highest BCUT2D eigenvalue weighted by Gasteiger charge is 2.15. The molecule has 1 aliphatic rings. The minimum absolute atomic E-state index is 0.163. The van der Waals surface area contributed by atoms with E-state index in [9.17, 15) is 0 Å². The van der Waals surface area contributed by atoms with Crippen LogP contribution in [0.5, 0.6) is 5.75 Å². The molecule has 0 aromatic heterocycles. The molecule has 0 amide bonds. The van der Waals surface area contributed by atoms with Crippen molar-refractivity contribution in [3.63, 3.8) is 0 Å². The molecule has 0 aliphatic carbocycles. The first kappa shape index (κ1) is 15.7. The molecule has 0 radical (unpaired) electrons. The Hall–Kier alpha value is -0.690. The number of hydrogen-bond donors (Lipinski definition) is 0. The molecular weight excluding hydrogens is 268 g/mol. The van der Waals surface area contributed by atoms with Crippen molar-refractivity contribution in [1.82, 2.24) is 0 Å². The van der Waals surface area contributed by atoms with Crippen LogP contribution in [-0.2, 0) is 6.42 Å². The summed E-state index contributed by atoms with van der Waals surface area (Å²) in [5.74, 6) is 1.05. The Balaban J connectivity index is 1.66. The summed E-state index contributed by atoms with van der Waals surface area (Å²) in [5.41, 5.74) is 2.59. The second kappa shape index (κ2) is 8.56. The molecule has 0 bridgehead atoms. The molecule has 2 heteroatoms. The molecule has 1 aromatic carbocycles. The quantitative estimate of drug-likeness (QED) is 0.398. The van der Waals surface area contributed by atoms with E-state index < -0.39 is 0 Å². The Bertz CT molecular complexity index is 402. The van der Waals surface area contributed by atoms with Crippen molar-refractivity contribution < 1.29 is 4.74 Å². The van der Waals surface area contributed by atoms with Crippen molar-refractivity contribution in [2.45, 2.75) is 70.1 Å². The minimum Gasteiger partial charge on any atom is -0.493 e. The largest absolute Gasteiger partial charge is 0.493 e. The fourth-order valence-electron chi connectivity index (χ4n) is 2.85. The van der Waals surface area contributed by atoms with Gasteiger partial charge in [-0.3, -0.25) is 0 Å². The summed E-state index contributed by atoms with van der Waals surface area (Å²) >= 11 is 6.53. The van der Waals surface area contributed by atoms with Gasteiger partial charge in [0.25, 0.3) is 0 Å². The van der Waals surface area contributed by atoms with Crippen LogP contribution in [0.3, 0.4) is 0 Å². The summed E-state index contributed by atoms with van der Waals surface area (Å²) in [6.45, 7) is 3.09. The first-order chi connectivity index (χ1) is 9.81. The molecule has 112 valence electrons. The van der Waals surface area contributed by atoms with E-state index in [0.29, 0.717) is 0 Å². The van der Waals surface area contributed by atoms with Gasteiger partial charge in [-0.25, -0.2) is 0 Å². The fourth-order valence-corrected chi connectivity index (χ4v) is 3.14. The highest BCUT2D eigenvalue weighted by Crippen LogP contribution is 2.32. The number of alkyl halides is 1. The summed E-state index contributed by atoms with van der Waals surface area (Å²) in [7, 11) is 0. The van der Waals surface area contributed by atoms with Gasteiger partial charge in [-0.05, 0) is 23.6 Å². The molecule has 0 fully saturated rings. The molecule has 0 spiro atoms. The number of halogens is 1. The molecule has 1 nitrogen and oxygen atoms in total. The second-order valence-electron chi connectivity index (χ2n) is 5.84. The lowest BCUT2D eigenvalue weighted by atomic mass is 10.0. The maximum atomic E-state index is 6.53. The van der Waals surface area contributed by atoms with Gasteiger partial charge in [-0.1, -0.05) is 64.0 Å². The van der Waals surface area contributed by atoms with Gasteiger partial charge in [0.05, 0.1) is 12.0 Å². The van der Waals surface area contributed by atoms with Crippen LogP contribution < -0.4 is 4.74 Å². The van der Waals surface area contributed by atoms with Crippen LogP contribution in [0.15, 0.2) is 18.2 Å². The predicted octanol–water partition coefficient (Wildman–Crippen LogP) is 6.04. The lowest BCUT2D eigenvalue weighted by Gasteiger charge is -2.11. The van der Waals surface area contributed by atoms with Gasteiger partial charge in [-0.15, -0.1) is 11.6 Å². The zero-order valence-electron chi connectivity index (χ0n) is 12.7. The second-order valence-corrected chi connectivity index (χ2v) is 6.37. The number of benzene rings is 1. The number of ether oxygens (including phenoxy) is 1. The van der Waals surface area contributed by atoms with Crippen molar-refractivity contribution >= 4 is 11.6 Å². The van der Waals surface area contributed by atoms with Gasteiger partial charge in [-0.2, -0.15) is 0 Å². The van der Waals surface area contributed by atoms with Crippen molar-refractivity contribution in [3.8, 4) is 5.75 Å². The number of rotatable bonds is 9. The molecule has 1 aliphatic heterocycles. The molecule has 2 rings (SSSR count). The average Bonchev–Trinajstić information content (AvgIpc) is 2.93. The van der Waals surface area contributed by atoms with Crippen LogP contribution in [0.2, 0.25) is 0 Å². The van der Waals surface area contributed by atoms with Crippen molar-refractivity contribution in [3.05, 3.63) is 29.3 Å². The summed E-state index contributed by atoms with van der Waals surface area (Å²) in [5, 5.41) is 0.163. The minimum atomic E-state index is 0.163. The molecule has 0 N–H and O–H groups in total. The molecule has 20 heavy (non-hydrogen) atoms. The third kappa shape index (κ3) is 4.70. The first-order valence-corrected chi connectivity index (χ1v) is 8.64. The van der Waals surface area contributed by atoms with Crippen molar-refractivity contribution in [1.29, 1.82) is 0 Å². The van der Waals surface area contributed by atoms with Gasteiger partial charge in [0, 0.05) is 6.42 Å². The third-order valence-corrected chi connectivity index (χ3v) is 4.61. The molecule has 1 unspecified atom stereocenters. The van der Waals surface area contributed by atoms with Gasteiger partial charge in [0.15, 0.2) is 0 Å². The maximum absolute atomic E-state index is 6.53. The molecular formula is C18H27ClO. The first-order valence-electron chi connectivity index (χ1n) is 8.21. The van der Waals surface area contributed by atoms with Crippen LogP contribution in [0, 0.1) is 0 Å². The monoisotopic (exact) mass is 294 g/mol. The zero-order chi connectivity index (χ0) is 14.2. The maximum Gasteiger partial charge on any atom is 0.122 e. The highest BCUT2D eigenvalue weighted by atomic mass is 35.5. The van der Waals surface area contributed by atoms with E-state index in [1.165, 1.54) is 56.1 Å². The normalized spacial score (nSPS) is 14.9. The lowest BCUT2D eigenvalue weighted by Crippen LogP contribution is -1.92. The standard InChI is InChI=1S/C18H27ClO/c1-2-3-4-5-6-7-8-9-17(19)15-10-11-18-16(14-15)12-13-20-18/h10-11,14,17H,2-9,12-13H2,1H3. The topological polar surface area (TPSA) is 9.23 Å². The van der Waals surface area contributed by atoms with Crippen molar-refractivity contribution in [2.75, 3.05) is 6.61 Å². The van der Waals surface area contributed by atoms with Crippen LogP contribution in [0.1, 0.15) is 74.8 Å². The average molecular weight is 295 g/mol. The summed E-state index contributed by atoms with van der Waals surface area (Å²) in [4.78, 5) is 0. The van der Waals surface area contributed by atoms with Crippen molar-refractivity contribution in [2.24, 2.45) is 0 Å². The Labute approximate surface area is 128 Å². The van der Waals surface area contributed by atoms with E-state index in [1.807, 2.05) is 0 Å². The summed E-state index contributed by atoms with van der Waals surface area (Å²) in [6, 6.07) is 6.45. The number of hydrogen-bond acceptors (Lipinski definition) is 1. The Morgan fingerprint density at radius 1 is 1.10 bits per heavy atom. The molecule has 0 saturated heterocycles. The van der Waals surface area contributed by atoms with Crippen LogP contribution >= 0.6 is 11.6 Å². The summed E-state index contributed by atoms with van der Waals surface area (Å²) < 4.78 is 5.54.